The zero-order chi connectivity index (χ0) is 42.9. The Morgan fingerprint density at radius 3 is 1.47 bits per heavy atom. The number of carbonyl (C=O) groups excluding carboxylic acids is 2. The van der Waals surface area contributed by atoms with Crippen molar-refractivity contribution in [3.8, 4) is 47.4 Å². The van der Waals surface area contributed by atoms with Crippen LogP contribution in [0.5, 0.6) is 0 Å². The third-order valence-corrected chi connectivity index (χ3v) is 10.0. The fourth-order valence-electron chi connectivity index (χ4n) is 5.34. The second kappa shape index (κ2) is 28.0. The summed E-state index contributed by atoms with van der Waals surface area (Å²) in [6, 6.07) is 0. The number of aliphatic hydroxyl groups excluding tert-OH is 3. The zero-order valence-electron chi connectivity index (χ0n) is 31.8. The maximum atomic E-state index is 13.0. The minimum Gasteiger partial charge on any atom is -0.456 e. The molecular formula is C35H53O19P3. The molecular weight excluding hydrogens is 817 g/mol. The summed E-state index contributed by atoms with van der Waals surface area (Å²) < 4.78 is 64.3. The first-order valence-corrected chi connectivity index (χ1v) is 22.8. The van der Waals surface area contributed by atoms with E-state index in [4.69, 9.17) is 18.5 Å². The summed E-state index contributed by atoms with van der Waals surface area (Å²) in [5.41, 5.74) is 0. The van der Waals surface area contributed by atoms with Crippen LogP contribution in [0, 0.1) is 47.4 Å². The van der Waals surface area contributed by atoms with Gasteiger partial charge in [0.25, 0.3) is 0 Å². The molecule has 8 N–H and O–H groups in total. The lowest BCUT2D eigenvalue weighted by atomic mass is 9.85. The Morgan fingerprint density at radius 1 is 0.596 bits per heavy atom. The Hall–Kier alpha value is -2.61. The minimum atomic E-state index is -5.57. The van der Waals surface area contributed by atoms with E-state index in [1.54, 1.807) is 6.92 Å². The second-order valence-electron chi connectivity index (χ2n) is 12.8. The summed E-state index contributed by atoms with van der Waals surface area (Å²) >= 11 is 0. The van der Waals surface area contributed by atoms with Crippen molar-refractivity contribution in [3.63, 3.8) is 0 Å². The highest BCUT2D eigenvalue weighted by molar-refractivity contribution is 7.47. The van der Waals surface area contributed by atoms with Gasteiger partial charge in [-0.15, -0.1) is 0 Å². The molecule has 322 valence electrons. The SMILES string of the molecule is CC#CC#CC#CC#CC(=O)OC[C@H](COP(=O)(O)OC1C(O)[C@H](OP(=O)(O)O)[C@H](O)C(OP(=O)(O)O)[C@@H]1O)OC(=O)CCCCCCCCCCCCCCC. The highest BCUT2D eigenvalue weighted by atomic mass is 31.2. The predicted molar refractivity (Wildman–Crippen MR) is 200 cm³/mol. The molecule has 0 aromatic rings. The Morgan fingerprint density at radius 2 is 1.02 bits per heavy atom. The van der Waals surface area contributed by atoms with Crippen molar-refractivity contribution in [1.29, 1.82) is 0 Å². The third-order valence-electron chi connectivity index (χ3n) is 8.00. The molecule has 0 bridgehead atoms. The zero-order valence-corrected chi connectivity index (χ0v) is 34.4. The van der Waals surface area contributed by atoms with Gasteiger partial charge in [-0.1, -0.05) is 89.9 Å². The van der Waals surface area contributed by atoms with Gasteiger partial charge in [-0.3, -0.25) is 22.9 Å². The van der Waals surface area contributed by atoms with Crippen LogP contribution in [0.4, 0.5) is 0 Å². The molecule has 1 rings (SSSR count). The van der Waals surface area contributed by atoms with E-state index in [0.717, 1.165) is 25.7 Å². The standard InChI is InChI=1S/C35H53O19P3/c1-3-5-7-9-11-12-13-14-15-16-18-20-22-24-29(37)51-27(25-49-28(36)23-21-19-17-10-8-6-4-2)26-50-57(47,48)54-35-31(39)33(52-55(41,42)43)30(38)34(32(35)40)53-56(44,45)46/h27,30-35,38-40H,3,5,7,9,11-16,18,20,22,24-26H2,1-2H3,(H,47,48)(H2,41,42,43)(H2,44,45,46)/t27-,30-,31+,32?,33?,34-,35?/m1/s1. The van der Waals surface area contributed by atoms with Gasteiger partial charge in [0.15, 0.2) is 6.10 Å². The molecule has 8 atom stereocenters. The summed E-state index contributed by atoms with van der Waals surface area (Å²) in [6.07, 6.45) is -2.85. The number of rotatable bonds is 26. The first-order chi connectivity index (χ1) is 26.8. The first-order valence-electron chi connectivity index (χ1n) is 18.3. The molecule has 57 heavy (non-hydrogen) atoms. The number of esters is 2. The third kappa shape index (κ3) is 24.8. The maximum absolute atomic E-state index is 13.0. The van der Waals surface area contributed by atoms with E-state index in [1.165, 1.54) is 44.9 Å². The number of hydrogen-bond acceptors (Lipinski definition) is 14. The number of aliphatic hydroxyl groups is 3. The van der Waals surface area contributed by atoms with Crippen molar-refractivity contribution in [1.82, 2.24) is 0 Å². The van der Waals surface area contributed by atoms with Crippen molar-refractivity contribution in [2.45, 2.75) is 146 Å². The highest BCUT2D eigenvalue weighted by Gasteiger charge is 2.56. The number of carbonyl (C=O) groups is 2. The normalized spacial score (nSPS) is 22.1. The van der Waals surface area contributed by atoms with Gasteiger partial charge in [0, 0.05) is 12.3 Å². The molecule has 0 radical (unpaired) electrons. The van der Waals surface area contributed by atoms with E-state index in [-0.39, 0.29) is 6.42 Å². The highest BCUT2D eigenvalue weighted by Crippen LogP contribution is 2.51. The molecule has 0 aromatic heterocycles. The van der Waals surface area contributed by atoms with Crippen LogP contribution in [0.25, 0.3) is 0 Å². The van der Waals surface area contributed by atoms with Crippen LogP contribution in [0.15, 0.2) is 0 Å². The van der Waals surface area contributed by atoms with E-state index in [0.29, 0.717) is 12.8 Å². The van der Waals surface area contributed by atoms with Crippen molar-refractivity contribution < 1.29 is 90.6 Å². The molecule has 4 unspecified atom stereocenters. The molecule has 0 spiro atoms. The van der Waals surface area contributed by atoms with Crippen LogP contribution in [0.2, 0.25) is 0 Å². The lowest BCUT2D eigenvalue weighted by Crippen LogP contribution is -2.65. The monoisotopic (exact) mass is 870 g/mol. The van der Waals surface area contributed by atoms with Crippen LogP contribution in [-0.2, 0) is 50.9 Å². The number of phosphoric acid groups is 3. The van der Waals surface area contributed by atoms with Gasteiger partial charge in [0.1, 0.15) is 43.2 Å². The Kier molecular flexibility index (Phi) is 25.7. The summed E-state index contributed by atoms with van der Waals surface area (Å²) in [5.74, 6) is 16.6. The van der Waals surface area contributed by atoms with Crippen molar-refractivity contribution >= 4 is 35.4 Å². The maximum Gasteiger partial charge on any atom is 0.472 e. The van der Waals surface area contributed by atoms with Gasteiger partial charge in [-0.25, -0.2) is 18.5 Å². The number of unbranched alkanes of at least 4 members (excludes halogenated alkanes) is 12. The lowest BCUT2D eigenvalue weighted by Gasteiger charge is -2.44. The van der Waals surface area contributed by atoms with Gasteiger partial charge in [-0.05, 0) is 48.9 Å². The van der Waals surface area contributed by atoms with E-state index in [9.17, 15) is 63.1 Å². The average Bonchev–Trinajstić information content (AvgIpc) is 3.12. The van der Waals surface area contributed by atoms with Gasteiger partial charge in [-0.2, -0.15) is 0 Å². The molecule has 0 heterocycles. The first kappa shape index (κ1) is 52.4. The number of phosphoric ester groups is 3. The molecule has 0 aliphatic heterocycles. The van der Waals surface area contributed by atoms with Crippen LogP contribution in [0.1, 0.15) is 104 Å². The van der Waals surface area contributed by atoms with Crippen LogP contribution in [-0.4, -0.2) is 108 Å². The van der Waals surface area contributed by atoms with Gasteiger partial charge < -0.3 is 49.3 Å². The fourth-order valence-corrected chi connectivity index (χ4v) is 7.45. The average molecular weight is 871 g/mol. The Balaban J connectivity index is 2.93. The predicted octanol–water partition coefficient (Wildman–Crippen LogP) is 2.51. The molecule has 0 amide bonds. The molecule has 0 saturated heterocycles. The van der Waals surface area contributed by atoms with Crippen LogP contribution < -0.4 is 0 Å². The van der Waals surface area contributed by atoms with Crippen LogP contribution in [0.3, 0.4) is 0 Å². The van der Waals surface area contributed by atoms with Gasteiger partial charge >= 0.3 is 35.4 Å². The van der Waals surface area contributed by atoms with E-state index in [2.05, 4.69) is 57.4 Å². The summed E-state index contributed by atoms with van der Waals surface area (Å²) in [4.78, 5) is 72.1. The van der Waals surface area contributed by atoms with Gasteiger partial charge in [0.2, 0.25) is 0 Å². The number of ether oxygens (including phenoxy) is 2. The molecule has 19 nitrogen and oxygen atoms in total. The van der Waals surface area contributed by atoms with E-state index in [1.807, 2.05) is 5.92 Å². The molecule has 1 aliphatic carbocycles. The van der Waals surface area contributed by atoms with Crippen molar-refractivity contribution in [3.05, 3.63) is 0 Å². The lowest BCUT2D eigenvalue weighted by molar-refractivity contribution is -0.213. The van der Waals surface area contributed by atoms with Crippen LogP contribution >= 0.6 is 23.5 Å². The van der Waals surface area contributed by atoms with Gasteiger partial charge in [0.05, 0.1) is 6.61 Å². The molecule has 22 heteroatoms. The number of hydrogen-bond donors (Lipinski definition) is 8. The van der Waals surface area contributed by atoms with E-state index < -0.39 is 91.3 Å². The molecule has 1 saturated carbocycles. The molecule has 1 aliphatic rings. The molecule has 1 fully saturated rings. The smallest absolute Gasteiger partial charge is 0.456 e. The van der Waals surface area contributed by atoms with Crippen molar-refractivity contribution in [2.24, 2.45) is 0 Å². The summed E-state index contributed by atoms with van der Waals surface area (Å²) in [7, 11) is -16.7. The summed E-state index contributed by atoms with van der Waals surface area (Å²) in [6.45, 7) is 1.96. The van der Waals surface area contributed by atoms with E-state index >= 15 is 0 Å². The largest absolute Gasteiger partial charge is 0.472 e. The minimum absolute atomic E-state index is 0.0704. The molecule has 0 aromatic carbocycles. The van der Waals surface area contributed by atoms with Crippen molar-refractivity contribution in [2.75, 3.05) is 13.2 Å². The fraction of sp³-hybridized carbons (Fsp3) is 0.714. The summed E-state index contributed by atoms with van der Waals surface area (Å²) in [5, 5.41) is 31.6. The topological polar surface area (TPSA) is 303 Å². The second-order valence-corrected chi connectivity index (χ2v) is 16.5. The quantitative estimate of drug-likeness (QED) is 0.0204. The Bertz CT molecular complexity index is 1610. The Labute approximate surface area is 332 Å².